The van der Waals surface area contributed by atoms with E-state index in [1.54, 1.807) is 19.2 Å². The maximum atomic E-state index is 13.6. The molecule has 0 aliphatic carbocycles. The van der Waals surface area contributed by atoms with E-state index in [0.29, 0.717) is 0 Å². The lowest BCUT2D eigenvalue weighted by Gasteiger charge is -2.25. The van der Waals surface area contributed by atoms with Crippen molar-refractivity contribution in [3.63, 3.8) is 0 Å². The number of nitrogens with zero attached hydrogens (tertiary/aromatic N) is 1. The van der Waals surface area contributed by atoms with Crippen molar-refractivity contribution in [1.29, 1.82) is 0 Å². The molecule has 1 unspecified atom stereocenters. The van der Waals surface area contributed by atoms with E-state index in [1.165, 1.54) is 6.07 Å². The van der Waals surface area contributed by atoms with Crippen molar-refractivity contribution in [2.45, 2.75) is 13.0 Å². The van der Waals surface area contributed by atoms with Crippen molar-refractivity contribution in [3.05, 3.63) is 53.8 Å². The molecule has 2 aromatic rings. The Morgan fingerprint density at radius 2 is 1.95 bits per heavy atom. The fourth-order valence-corrected chi connectivity index (χ4v) is 2.29. The second-order valence-corrected chi connectivity index (χ2v) is 4.97. The largest absolute Gasteiger partial charge is 0.497 e. The number of ether oxygens (including phenoxy) is 1. The van der Waals surface area contributed by atoms with Gasteiger partial charge in [0.15, 0.2) is 0 Å². The minimum Gasteiger partial charge on any atom is -0.497 e. The summed E-state index contributed by atoms with van der Waals surface area (Å²) in [7, 11) is 5.48. The van der Waals surface area contributed by atoms with Gasteiger partial charge < -0.3 is 15.0 Å². The molecule has 0 amide bonds. The molecule has 2 rings (SSSR count). The van der Waals surface area contributed by atoms with E-state index in [2.05, 4.69) is 5.32 Å². The minimum absolute atomic E-state index is 0.0590. The van der Waals surface area contributed by atoms with Crippen LogP contribution in [-0.4, -0.2) is 21.2 Å². The van der Waals surface area contributed by atoms with Gasteiger partial charge in [0.05, 0.1) is 7.11 Å². The molecule has 0 aromatic heterocycles. The quantitative estimate of drug-likeness (QED) is 0.903. The molecule has 0 spiro atoms. The number of benzene rings is 2. The Kier molecular flexibility index (Phi) is 4.81. The summed E-state index contributed by atoms with van der Waals surface area (Å²) < 4.78 is 18.8. The maximum Gasteiger partial charge on any atom is 0.123 e. The monoisotopic (exact) mass is 288 g/mol. The van der Waals surface area contributed by atoms with E-state index < -0.39 is 0 Å². The van der Waals surface area contributed by atoms with Gasteiger partial charge in [0.25, 0.3) is 0 Å². The Labute approximate surface area is 125 Å². The van der Waals surface area contributed by atoms with Gasteiger partial charge in [-0.15, -0.1) is 0 Å². The highest BCUT2D eigenvalue weighted by Crippen LogP contribution is 2.32. The summed E-state index contributed by atoms with van der Waals surface area (Å²) in [6.07, 6.45) is 0. The summed E-state index contributed by atoms with van der Waals surface area (Å²) in [4.78, 5) is 2.03. The van der Waals surface area contributed by atoms with Gasteiger partial charge in [-0.1, -0.05) is 6.07 Å². The highest BCUT2D eigenvalue weighted by Gasteiger charge is 2.15. The molecule has 2 aromatic carbocycles. The molecule has 0 saturated carbocycles. The van der Waals surface area contributed by atoms with Crippen LogP contribution >= 0.6 is 0 Å². The van der Waals surface area contributed by atoms with E-state index in [0.717, 1.165) is 22.7 Å². The first kappa shape index (κ1) is 15.3. The Balaban J connectivity index is 2.44. The van der Waals surface area contributed by atoms with Gasteiger partial charge in [0, 0.05) is 30.5 Å². The standard InChI is InChI=1S/C17H21FN2O/c1-12(19-2)16-10-13(18)8-9-17(16)20(3)14-6-5-7-15(11-14)21-4/h5-12,19H,1-4H3. The molecule has 0 heterocycles. The van der Waals surface area contributed by atoms with Crippen molar-refractivity contribution in [2.24, 2.45) is 0 Å². The Morgan fingerprint density at radius 1 is 1.19 bits per heavy atom. The molecule has 0 radical (unpaired) electrons. The molecule has 0 bridgehead atoms. The average Bonchev–Trinajstić information content (AvgIpc) is 2.53. The first-order valence-corrected chi connectivity index (χ1v) is 6.91. The average molecular weight is 288 g/mol. The van der Waals surface area contributed by atoms with E-state index in [9.17, 15) is 4.39 Å². The molecule has 0 fully saturated rings. The molecule has 112 valence electrons. The summed E-state index contributed by atoms with van der Waals surface area (Å²) in [5.41, 5.74) is 2.87. The Hall–Kier alpha value is -2.07. The molecule has 0 aliphatic heterocycles. The first-order valence-electron chi connectivity index (χ1n) is 6.91. The third kappa shape index (κ3) is 3.34. The SMILES string of the molecule is CNC(C)c1cc(F)ccc1N(C)c1cccc(OC)c1. The number of hydrogen-bond acceptors (Lipinski definition) is 3. The van der Waals surface area contributed by atoms with Crippen LogP contribution < -0.4 is 15.0 Å². The van der Waals surface area contributed by atoms with Gasteiger partial charge in [0.1, 0.15) is 11.6 Å². The predicted octanol–water partition coefficient (Wildman–Crippen LogP) is 3.88. The maximum absolute atomic E-state index is 13.6. The second-order valence-electron chi connectivity index (χ2n) is 4.97. The predicted molar refractivity (Wildman–Crippen MR) is 84.9 cm³/mol. The number of anilines is 2. The number of rotatable bonds is 5. The summed E-state index contributed by atoms with van der Waals surface area (Å²) in [6, 6.07) is 12.7. The van der Waals surface area contributed by atoms with E-state index in [1.807, 2.05) is 50.2 Å². The van der Waals surface area contributed by atoms with Crippen LogP contribution in [0, 0.1) is 5.82 Å². The van der Waals surface area contributed by atoms with Crippen LogP contribution in [-0.2, 0) is 0 Å². The van der Waals surface area contributed by atoms with E-state index in [-0.39, 0.29) is 11.9 Å². The minimum atomic E-state index is -0.227. The van der Waals surface area contributed by atoms with Crippen molar-refractivity contribution >= 4 is 11.4 Å². The van der Waals surface area contributed by atoms with Gasteiger partial charge in [-0.3, -0.25) is 0 Å². The highest BCUT2D eigenvalue weighted by atomic mass is 19.1. The zero-order valence-electron chi connectivity index (χ0n) is 12.9. The van der Waals surface area contributed by atoms with Crippen molar-refractivity contribution in [2.75, 3.05) is 26.1 Å². The topological polar surface area (TPSA) is 24.5 Å². The molecule has 3 nitrogen and oxygen atoms in total. The highest BCUT2D eigenvalue weighted by molar-refractivity contribution is 5.67. The van der Waals surface area contributed by atoms with Crippen molar-refractivity contribution in [1.82, 2.24) is 5.32 Å². The molecular weight excluding hydrogens is 267 g/mol. The second kappa shape index (κ2) is 6.59. The van der Waals surface area contributed by atoms with Gasteiger partial charge in [-0.05, 0) is 49.9 Å². The van der Waals surface area contributed by atoms with Gasteiger partial charge in [-0.2, -0.15) is 0 Å². The molecular formula is C17H21FN2O. The Bertz CT molecular complexity index is 615. The Morgan fingerprint density at radius 3 is 2.62 bits per heavy atom. The lowest BCUT2D eigenvalue weighted by Crippen LogP contribution is -2.18. The smallest absolute Gasteiger partial charge is 0.123 e. The lowest BCUT2D eigenvalue weighted by molar-refractivity contribution is 0.415. The third-order valence-electron chi connectivity index (χ3n) is 3.69. The first-order chi connectivity index (χ1) is 10.1. The van der Waals surface area contributed by atoms with Crippen molar-refractivity contribution < 1.29 is 9.13 Å². The summed E-state index contributed by atoms with van der Waals surface area (Å²) in [6.45, 7) is 2.01. The zero-order valence-corrected chi connectivity index (χ0v) is 12.9. The van der Waals surface area contributed by atoms with Gasteiger partial charge in [0.2, 0.25) is 0 Å². The normalized spacial score (nSPS) is 12.0. The molecule has 21 heavy (non-hydrogen) atoms. The molecule has 1 N–H and O–H groups in total. The fourth-order valence-electron chi connectivity index (χ4n) is 2.29. The zero-order chi connectivity index (χ0) is 15.4. The summed E-state index contributed by atoms with van der Waals surface area (Å²) in [5, 5.41) is 3.16. The molecule has 1 atom stereocenters. The van der Waals surface area contributed by atoms with Crippen LogP contribution in [0.25, 0.3) is 0 Å². The van der Waals surface area contributed by atoms with E-state index in [4.69, 9.17) is 4.74 Å². The van der Waals surface area contributed by atoms with Crippen LogP contribution in [0.1, 0.15) is 18.5 Å². The van der Waals surface area contributed by atoms with Crippen LogP contribution in [0.5, 0.6) is 5.75 Å². The molecule has 0 saturated heterocycles. The van der Waals surface area contributed by atoms with Crippen LogP contribution in [0.15, 0.2) is 42.5 Å². The van der Waals surface area contributed by atoms with Crippen LogP contribution in [0.4, 0.5) is 15.8 Å². The van der Waals surface area contributed by atoms with Crippen LogP contribution in [0.2, 0.25) is 0 Å². The molecule has 0 aliphatic rings. The number of methoxy groups -OCH3 is 1. The number of nitrogens with one attached hydrogen (secondary N) is 1. The van der Waals surface area contributed by atoms with Gasteiger partial charge >= 0.3 is 0 Å². The fraction of sp³-hybridized carbons (Fsp3) is 0.294. The van der Waals surface area contributed by atoms with Gasteiger partial charge in [-0.25, -0.2) is 4.39 Å². The number of hydrogen-bond donors (Lipinski definition) is 1. The molecule has 4 heteroatoms. The third-order valence-corrected chi connectivity index (χ3v) is 3.69. The number of halogens is 1. The summed E-state index contributed by atoms with van der Waals surface area (Å²) in [5.74, 6) is 0.569. The van der Waals surface area contributed by atoms with E-state index >= 15 is 0 Å². The lowest BCUT2D eigenvalue weighted by atomic mass is 10.0. The summed E-state index contributed by atoms with van der Waals surface area (Å²) >= 11 is 0. The van der Waals surface area contributed by atoms with Crippen molar-refractivity contribution in [3.8, 4) is 5.75 Å². The van der Waals surface area contributed by atoms with Crippen LogP contribution in [0.3, 0.4) is 0 Å².